The maximum atomic E-state index is 6.28. The molecular formula is C13H19ClN2. The van der Waals surface area contributed by atoms with E-state index < -0.39 is 0 Å². The molecule has 1 aliphatic heterocycles. The SMILES string of the molecule is CNCC1CCN(c2c(C)cccc2Cl)C1. The largest absolute Gasteiger partial charge is 0.370 e. The summed E-state index contributed by atoms with van der Waals surface area (Å²) in [4.78, 5) is 2.42. The molecule has 0 bridgehead atoms. The number of benzene rings is 1. The molecule has 0 saturated carbocycles. The van der Waals surface area contributed by atoms with Crippen LogP contribution < -0.4 is 10.2 Å². The van der Waals surface area contributed by atoms with Gasteiger partial charge in [0.1, 0.15) is 0 Å². The first-order valence-corrected chi connectivity index (χ1v) is 6.25. The molecule has 0 aliphatic carbocycles. The maximum absolute atomic E-state index is 6.28. The van der Waals surface area contributed by atoms with Gasteiger partial charge in [0, 0.05) is 13.1 Å². The van der Waals surface area contributed by atoms with Crippen molar-refractivity contribution < 1.29 is 0 Å². The molecule has 2 nitrogen and oxygen atoms in total. The average Bonchev–Trinajstić information content (AvgIpc) is 2.67. The fourth-order valence-electron chi connectivity index (χ4n) is 2.51. The van der Waals surface area contributed by atoms with E-state index in [1.807, 2.05) is 19.2 Å². The molecule has 88 valence electrons. The number of hydrogen-bond acceptors (Lipinski definition) is 2. The van der Waals surface area contributed by atoms with E-state index in [1.54, 1.807) is 0 Å². The molecule has 1 fully saturated rings. The molecule has 1 unspecified atom stereocenters. The minimum atomic E-state index is 0.751. The molecule has 1 heterocycles. The van der Waals surface area contributed by atoms with Crippen molar-refractivity contribution in [2.75, 3.05) is 31.6 Å². The van der Waals surface area contributed by atoms with E-state index in [0.29, 0.717) is 0 Å². The second-order valence-electron chi connectivity index (χ2n) is 4.56. The molecule has 3 heteroatoms. The summed E-state index contributed by atoms with van der Waals surface area (Å²) < 4.78 is 0. The zero-order chi connectivity index (χ0) is 11.5. The summed E-state index contributed by atoms with van der Waals surface area (Å²) in [5.41, 5.74) is 2.50. The Hall–Kier alpha value is -0.730. The van der Waals surface area contributed by atoms with Crippen LogP contribution in [0.1, 0.15) is 12.0 Å². The first kappa shape index (κ1) is 11.7. The number of anilines is 1. The molecule has 0 amide bonds. The third kappa shape index (κ3) is 2.33. The summed E-state index contributed by atoms with van der Waals surface area (Å²) >= 11 is 6.28. The van der Waals surface area contributed by atoms with E-state index in [-0.39, 0.29) is 0 Å². The summed E-state index contributed by atoms with van der Waals surface area (Å²) in [6, 6.07) is 6.13. The molecule has 0 radical (unpaired) electrons. The van der Waals surface area contributed by atoms with Gasteiger partial charge in [-0.05, 0) is 44.5 Å². The Bertz CT molecular complexity index is 345. The van der Waals surface area contributed by atoms with Crippen molar-refractivity contribution in [1.82, 2.24) is 5.32 Å². The lowest BCUT2D eigenvalue weighted by molar-refractivity contribution is 0.549. The van der Waals surface area contributed by atoms with Gasteiger partial charge >= 0.3 is 0 Å². The number of hydrogen-bond donors (Lipinski definition) is 1. The first-order chi connectivity index (χ1) is 7.72. The molecule has 16 heavy (non-hydrogen) atoms. The van der Waals surface area contributed by atoms with Crippen LogP contribution in [0.15, 0.2) is 18.2 Å². The highest BCUT2D eigenvalue weighted by Gasteiger charge is 2.24. The fourth-order valence-corrected chi connectivity index (χ4v) is 2.86. The van der Waals surface area contributed by atoms with Gasteiger partial charge in [0.2, 0.25) is 0 Å². The summed E-state index contributed by atoms with van der Waals surface area (Å²) in [5.74, 6) is 0.751. The van der Waals surface area contributed by atoms with E-state index in [2.05, 4.69) is 23.2 Å². The molecule has 1 aromatic rings. The monoisotopic (exact) mass is 238 g/mol. The van der Waals surface area contributed by atoms with Crippen LogP contribution in [0.2, 0.25) is 5.02 Å². The van der Waals surface area contributed by atoms with Crippen LogP contribution in [0.4, 0.5) is 5.69 Å². The Morgan fingerprint density at radius 1 is 1.50 bits per heavy atom. The van der Waals surface area contributed by atoms with Gasteiger partial charge in [-0.3, -0.25) is 0 Å². The van der Waals surface area contributed by atoms with Gasteiger partial charge in [-0.15, -0.1) is 0 Å². The van der Waals surface area contributed by atoms with Crippen LogP contribution in [-0.4, -0.2) is 26.7 Å². The molecule has 1 aliphatic rings. The number of rotatable bonds is 3. The quantitative estimate of drug-likeness (QED) is 0.871. The zero-order valence-corrected chi connectivity index (χ0v) is 10.7. The summed E-state index contributed by atoms with van der Waals surface area (Å²) in [5, 5.41) is 4.13. The maximum Gasteiger partial charge on any atom is 0.0642 e. The van der Waals surface area contributed by atoms with Gasteiger partial charge in [-0.2, -0.15) is 0 Å². The lowest BCUT2D eigenvalue weighted by Crippen LogP contribution is -2.24. The van der Waals surface area contributed by atoms with Crippen LogP contribution in [0, 0.1) is 12.8 Å². The molecular weight excluding hydrogens is 220 g/mol. The van der Waals surface area contributed by atoms with Crippen LogP contribution in [0.3, 0.4) is 0 Å². The van der Waals surface area contributed by atoms with Crippen LogP contribution >= 0.6 is 11.6 Å². The Kier molecular flexibility index (Phi) is 3.72. The van der Waals surface area contributed by atoms with Crippen molar-refractivity contribution in [2.45, 2.75) is 13.3 Å². The zero-order valence-electron chi connectivity index (χ0n) is 9.96. The lowest BCUT2D eigenvalue weighted by Gasteiger charge is -2.22. The van der Waals surface area contributed by atoms with E-state index in [0.717, 1.165) is 30.6 Å². The standard InChI is InChI=1S/C13H19ClN2/c1-10-4-3-5-12(14)13(10)16-7-6-11(9-16)8-15-2/h3-5,11,15H,6-9H2,1-2H3. The van der Waals surface area contributed by atoms with Gasteiger partial charge in [0.15, 0.2) is 0 Å². The third-order valence-corrected chi connectivity index (χ3v) is 3.59. The summed E-state index contributed by atoms with van der Waals surface area (Å²) in [7, 11) is 2.02. The minimum absolute atomic E-state index is 0.751. The highest BCUT2D eigenvalue weighted by molar-refractivity contribution is 6.33. The molecule has 2 rings (SSSR count). The predicted molar refractivity (Wildman–Crippen MR) is 70.4 cm³/mol. The fraction of sp³-hybridized carbons (Fsp3) is 0.538. The van der Waals surface area contributed by atoms with Crippen molar-refractivity contribution in [3.8, 4) is 0 Å². The average molecular weight is 239 g/mol. The number of halogens is 1. The smallest absolute Gasteiger partial charge is 0.0642 e. The second kappa shape index (κ2) is 5.07. The van der Waals surface area contributed by atoms with Gasteiger partial charge < -0.3 is 10.2 Å². The summed E-state index contributed by atoms with van der Waals surface area (Å²) in [6.07, 6.45) is 1.26. The lowest BCUT2D eigenvalue weighted by atomic mass is 10.1. The number of aryl methyl sites for hydroxylation is 1. The van der Waals surface area contributed by atoms with Crippen molar-refractivity contribution in [1.29, 1.82) is 0 Å². The van der Waals surface area contributed by atoms with Crippen LogP contribution in [0.5, 0.6) is 0 Å². The van der Waals surface area contributed by atoms with Crippen LogP contribution in [0.25, 0.3) is 0 Å². The Balaban J connectivity index is 2.14. The Morgan fingerprint density at radius 3 is 3.00 bits per heavy atom. The Morgan fingerprint density at radius 2 is 2.31 bits per heavy atom. The van der Waals surface area contributed by atoms with Gasteiger partial charge in [-0.25, -0.2) is 0 Å². The van der Waals surface area contributed by atoms with Gasteiger partial charge in [0.05, 0.1) is 10.7 Å². The van der Waals surface area contributed by atoms with Gasteiger partial charge in [0.25, 0.3) is 0 Å². The van der Waals surface area contributed by atoms with E-state index in [4.69, 9.17) is 11.6 Å². The van der Waals surface area contributed by atoms with E-state index in [9.17, 15) is 0 Å². The van der Waals surface area contributed by atoms with Gasteiger partial charge in [-0.1, -0.05) is 23.7 Å². The van der Waals surface area contributed by atoms with Crippen molar-refractivity contribution in [3.63, 3.8) is 0 Å². The molecule has 0 aromatic heterocycles. The van der Waals surface area contributed by atoms with Crippen molar-refractivity contribution in [3.05, 3.63) is 28.8 Å². The highest BCUT2D eigenvalue weighted by Crippen LogP contribution is 2.33. The topological polar surface area (TPSA) is 15.3 Å². The second-order valence-corrected chi connectivity index (χ2v) is 4.97. The first-order valence-electron chi connectivity index (χ1n) is 5.87. The highest BCUT2D eigenvalue weighted by atomic mass is 35.5. The van der Waals surface area contributed by atoms with E-state index in [1.165, 1.54) is 17.7 Å². The minimum Gasteiger partial charge on any atom is -0.370 e. The molecule has 1 saturated heterocycles. The predicted octanol–water partition coefficient (Wildman–Crippen LogP) is 2.69. The van der Waals surface area contributed by atoms with Crippen molar-refractivity contribution >= 4 is 17.3 Å². The molecule has 1 atom stereocenters. The van der Waals surface area contributed by atoms with Crippen molar-refractivity contribution in [2.24, 2.45) is 5.92 Å². The third-order valence-electron chi connectivity index (χ3n) is 3.28. The molecule has 1 N–H and O–H groups in total. The van der Waals surface area contributed by atoms with Crippen LogP contribution in [-0.2, 0) is 0 Å². The molecule has 0 spiro atoms. The Labute approximate surface area is 103 Å². The summed E-state index contributed by atoms with van der Waals surface area (Å²) in [6.45, 7) is 5.47. The molecule has 1 aromatic carbocycles. The number of nitrogens with one attached hydrogen (secondary N) is 1. The number of nitrogens with zero attached hydrogens (tertiary/aromatic N) is 1. The normalized spacial score (nSPS) is 20.4. The van der Waals surface area contributed by atoms with E-state index >= 15 is 0 Å². The number of para-hydroxylation sites is 1.